The van der Waals surface area contributed by atoms with Crippen LogP contribution in [0.1, 0.15) is 116 Å². The first-order valence-corrected chi connectivity index (χ1v) is 24.0. The van der Waals surface area contributed by atoms with Crippen molar-refractivity contribution in [1.82, 2.24) is 0 Å². The first kappa shape index (κ1) is 39.2. The van der Waals surface area contributed by atoms with Gasteiger partial charge in [-0.25, -0.2) is 0 Å². The lowest BCUT2D eigenvalue weighted by molar-refractivity contribution is 0.568. The van der Waals surface area contributed by atoms with Gasteiger partial charge in [0.1, 0.15) is 0 Å². The van der Waals surface area contributed by atoms with Crippen LogP contribution < -0.4 is 0 Å². The summed E-state index contributed by atoms with van der Waals surface area (Å²) in [6.45, 7) is 28.5. The van der Waals surface area contributed by atoms with Crippen LogP contribution >= 0.6 is 0 Å². The fourth-order valence-electron chi connectivity index (χ4n) is 12.1. The van der Waals surface area contributed by atoms with E-state index in [0.29, 0.717) is 0 Å². The molecule has 65 heavy (non-hydrogen) atoms. The molecule has 0 aromatic heterocycles. The quantitative estimate of drug-likeness (QED) is 0.152. The minimum Gasteiger partial charge on any atom is -0.0610 e. The summed E-state index contributed by atoms with van der Waals surface area (Å²) < 4.78 is 0. The summed E-state index contributed by atoms with van der Waals surface area (Å²) in [5, 5.41) is 24.7. The molecular formula is C65H58. The van der Waals surface area contributed by atoms with E-state index < -0.39 is 0 Å². The van der Waals surface area contributed by atoms with Crippen molar-refractivity contribution >= 4 is 97.0 Å². The average molecular weight is 839 g/mol. The third kappa shape index (κ3) is 5.32. The van der Waals surface area contributed by atoms with Gasteiger partial charge in [0.2, 0.25) is 0 Å². The van der Waals surface area contributed by atoms with Crippen LogP contribution in [0.25, 0.3) is 119 Å². The molecule has 0 radical (unpaired) electrons. The molecule has 0 heterocycles. The molecule has 1 aliphatic carbocycles. The highest BCUT2D eigenvalue weighted by Gasteiger charge is 2.31. The minimum atomic E-state index is -0.0329. The van der Waals surface area contributed by atoms with Crippen molar-refractivity contribution in [2.45, 2.75) is 111 Å². The second-order valence-electron chi connectivity index (χ2n) is 24.2. The molecule has 0 saturated heterocycles. The fraction of sp³-hybridized carbons (Fsp3) is 0.262. The molecule has 318 valence electrons. The standard InChI is InChI=1S/C65H58/c1-62(2,3)41-25-39(26-42(30-41)63(4,5)6)55-51-32-48-45-21-18-35-17-16-34-14-13-15-36-29-50(58(45)57(35)53(34)36)49(48)33-52(51)56(40-27-43(64(7,8)9)31-44(28-40)65(10,11)12)61-47-23-20-38-24-37-19-22-46(60(55)61)59(47)54(37)38/h13-23,25-33H,24H2,1-12H3. The van der Waals surface area contributed by atoms with E-state index in [1.807, 2.05) is 0 Å². The smallest absolute Gasteiger partial charge is 0.000740 e. The first-order valence-electron chi connectivity index (χ1n) is 24.0. The van der Waals surface area contributed by atoms with Crippen molar-refractivity contribution in [1.29, 1.82) is 0 Å². The predicted molar refractivity (Wildman–Crippen MR) is 286 cm³/mol. The van der Waals surface area contributed by atoms with E-state index in [2.05, 4.69) is 204 Å². The van der Waals surface area contributed by atoms with Gasteiger partial charge in [-0.05, 0) is 199 Å². The third-order valence-electron chi connectivity index (χ3n) is 15.8. The van der Waals surface area contributed by atoms with Crippen molar-refractivity contribution < 1.29 is 0 Å². The highest BCUT2D eigenvalue weighted by atomic mass is 14.3. The summed E-state index contributed by atoms with van der Waals surface area (Å²) >= 11 is 0. The summed E-state index contributed by atoms with van der Waals surface area (Å²) in [6.07, 6.45) is 1.06. The molecule has 0 N–H and O–H groups in total. The van der Waals surface area contributed by atoms with E-state index in [0.717, 1.165) is 6.42 Å². The Labute approximate surface area is 383 Å². The van der Waals surface area contributed by atoms with Crippen LogP contribution in [0.3, 0.4) is 0 Å². The van der Waals surface area contributed by atoms with Gasteiger partial charge in [0.05, 0.1) is 0 Å². The SMILES string of the molecule is CC(C)(C)c1cc(-c2c3cc4c(cc3c(-c3cc(C(C)(C)C)cc(C(C)(C)C)c3)c3c5ccc6c7c(ccc(c23)c75)C6)c2cc3cccc5ccc6ccc4c2c6c53)cc(C(C)(C)C)c1. The van der Waals surface area contributed by atoms with Crippen LogP contribution in [-0.4, -0.2) is 0 Å². The Bertz CT molecular complexity index is 3950. The van der Waals surface area contributed by atoms with Gasteiger partial charge in [-0.15, -0.1) is 0 Å². The second-order valence-corrected chi connectivity index (χ2v) is 24.2. The second kappa shape index (κ2) is 12.3. The Morgan fingerprint density at radius 1 is 0.277 bits per heavy atom. The van der Waals surface area contributed by atoms with Crippen molar-refractivity contribution in [2.75, 3.05) is 0 Å². The van der Waals surface area contributed by atoms with Gasteiger partial charge in [0.15, 0.2) is 0 Å². The van der Waals surface area contributed by atoms with Gasteiger partial charge in [0.25, 0.3) is 0 Å². The van der Waals surface area contributed by atoms with E-state index in [4.69, 9.17) is 0 Å². The van der Waals surface area contributed by atoms with Crippen molar-refractivity contribution in [3.63, 3.8) is 0 Å². The molecule has 0 heteroatoms. The van der Waals surface area contributed by atoms with Crippen molar-refractivity contribution in [3.05, 3.63) is 155 Å². The average Bonchev–Trinajstić information content (AvgIpc) is 3.71. The van der Waals surface area contributed by atoms with E-state index in [1.165, 1.54) is 153 Å². The maximum Gasteiger partial charge on any atom is -0.000740 e. The Morgan fingerprint density at radius 2 is 0.692 bits per heavy atom. The van der Waals surface area contributed by atoms with Gasteiger partial charge >= 0.3 is 0 Å². The van der Waals surface area contributed by atoms with Crippen molar-refractivity contribution in [2.24, 2.45) is 0 Å². The molecule has 0 amide bonds. The molecule has 12 aromatic carbocycles. The molecule has 0 bridgehead atoms. The normalized spacial score (nSPS) is 14.1. The molecular weight excluding hydrogens is 781 g/mol. The van der Waals surface area contributed by atoms with E-state index >= 15 is 0 Å². The molecule has 0 nitrogen and oxygen atoms in total. The lowest BCUT2D eigenvalue weighted by Crippen LogP contribution is -2.16. The number of benzene rings is 10. The zero-order valence-corrected chi connectivity index (χ0v) is 40.3. The predicted octanol–water partition coefficient (Wildman–Crippen LogP) is 18.8. The molecule has 13 rings (SSSR count). The number of hydrogen-bond donors (Lipinski definition) is 0. The minimum absolute atomic E-state index is 0.0319. The largest absolute Gasteiger partial charge is 0.0610 e. The molecule has 0 spiro atoms. The number of fused-ring (bicyclic) bond motifs is 7. The van der Waals surface area contributed by atoms with E-state index in [9.17, 15) is 0 Å². The van der Waals surface area contributed by atoms with Gasteiger partial charge < -0.3 is 0 Å². The van der Waals surface area contributed by atoms with Crippen LogP contribution in [0.4, 0.5) is 0 Å². The van der Waals surface area contributed by atoms with Crippen LogP contribution in [0.5, 0.6) is 0 Å². The van der Waals surface area contributed by atoms with E-state index in [1.54, 1.807) is 0 Å². The Morgan fingerprint density at radius 3 is 1.18 bits per heavy atom. The maximum atomic E-state index is 2.64. The molecule has 0 unspecified atom stereocenters. The summed E-state index contributed by atoms with van der Waals surface area (Å²) in [5.41, 5.74) is 13.8. The Kier molecular flexibility index (Phi) is 7.44. The molecule has 12 aromatic rings. The van der Waals surface area contributed by atoms with Crippen LogP contribution in [0, 0.1) is 0 Å². The van der Waals surface area contributed by atoms with Crippen molar-refractivity contribution in [3.8, 4) is 22.3 Å². The van der Waals surface area contributed by atoms with E-state index in [-0.39, 0.29) is 21.7 Å². The number of hydrogen-bond acceptors (Lipinski definition) is 0. The Balaban J connectivity index is 1.32. The summed E-state index contributed by atoms with van der Waals surface area (Å²) in [4.78, 5) is 0. The maximum absolute atomic E-state index is 2.64. The lowest BCUT2D eigenvalue weighted by Gasteiger charge is -2.28. The van der Waals surface area contributed by atoms with Gasteiger partial charge in [-0.2, -0.15) is 0 Å². The summed E-state index contributed by atoms with van der Waals surface area (Å²) in [7, 11) is 0. The van der Waals surface area contributed by atoms with Gasteiger partial charge in [-0.3, -0.25) is 0 Å². The lowest BCUT2D eigenvalue weighted by atomic mass is 9.76. The highest BCUT2D eigenvalue weighted by Crippen LogP contribution is 2.56. The monoisotopic (exact) mass is 838 g/mol. The summed E-state index contributed by atoms with van der Waals surface area (Å²) in [6, 6.07) is 49.1. The third-order valence-corrected chi connectivity index (χ3v) is 15.8. The fourth-order valence-corrected chi connectivity index (χ4v) is 12.1. The van der Waals surface area contributed by atoms with Gasteiger partial charge in [0, 0.05) is 0 Å². The first-order chi connectivity index (χ1) is 30.7. The molecule has 1 aliphatic rings. The van der Waals surface area contributed by atoms with Crippen LogP contribution in [-0.2, 0) is 28.1 Å². The zero-order chi connectivity index (χ0) is 45.0. The topological polar surface area (TPSA) is 0 Å². The Hall–Kier alpha value is -6.24. The highest BCUT2D eigenvalue weighted by molar-refractivity contribution is 6.44. The number of rotatable bonds is 2. The molecule has 0 saturated carbocycles. The van der Waals surface area contributed by atoms with Crippen LogP contribution in [0.15, 0.2) is 121 Å². The van der Waals surface area contributed by atoms with Gasteiger partial charge in [-0.1, -0.05) is 186 Å². The summed E-state index contributed by atoms with van der Waals surface area (Å²) in [5.74, 6) is 0. The molecule has 0 atom stereocenters. The molecule has 0 aliphatic heterocycles. The van der Waals surface area contributed by atoms with Crippen LogP contribution in [0.2, 0.25) is 0 Å². The molecule has 0 fully saturated rings. The zero-order valence-electron chi connectivity index (χ0n) is 40.3.